The van der Waals surface area contributed by atoms with Gasteiger partial charge in [0.15, 0.2) is 5.82 Å². The van der Waals surface area contributed by atoms with Gasteiger partial charge in [0.1, 0.15) is 10.8 Å². The fourth-order valence-corrected chi connectivity index (χ4v) is 1.63. The Bertz CT molecular complexity index is 502. The Kier molecular flexibility index (Phi) is 3.05. The van der Waals surface area contributed by atoms with Gasteiger partial charge in [0, 0.05) is 12.4 Å². The van der Waals surface area contributed by atoms with Crippen molar-refractivity contribution in [3.63, 3.8) is 0 Å². The summed E-state index contributed by atoms with van der Waals surface area (Å²) in [6, 6.07) is 3.16. The van der Waals surface area contributed by atoms with Crippen LogP contribution in [0.5, 0.6) is 0 Å². The van der Waals surface area contributed by atoms with Crippen LogP contribution in [0.15, 0.2) is 24.5 Å². The van der Waals surface area contributed by atoms with Crippen LogP contribution in [0.2, 0.25) is 15.2 Å². The second kappa shape index (κ2) is 4.31. The van der Waals surface area contributed by atoms with Crippen molar-refractivity contribution >= 4 is 34.8 Å². The topological polar surface area (TPSA) is 38.7 Å². The third-order valence-electron chi connectivity index (χ3n) is 1.64. The van der Waals surface area contributed by atoms with Gasteiger partial charge in [-0.3, -0.25) is 0 Å². The molecule has 0 aliphatic rings. The maximum atomic E-state index is 5.95. The van der Waals surface area contributed by atoms with Crippen molar-refractivity contribution in [2.75, 3.05) is 0 Å². The quantitative estimate of drug-likeness (QED) is 0.737. The van der Waals surface area contributed by atoms with E-state index in [2.05, 4.69) is 15.0 Å². The third kappa shape index (κ3) is 2.37. The van der Waals surface area contributed by atoms with Gasteiger partial charge < -0.3 is 0 Å². The van der Waals surface area contributed by atoms with Crippen LogP contribution in [-0.4, -0.2) is 15.0 Å². The monoisotopic (exact) mass is 259 g/mol. The van der Waals surface area contributed by atoms with E-state index in [-0.39, 0.29) is 0 Å². The molecule has 0 fully saturated rings. The van der Waals surface area contributed by atoms with Gasteiger partial charge in [-0.05, 0) is 12.1 Å². The minimum absolute atomic E-state index is 0.341. The molecule has 6 heteroatoms. The molecule has 0 amide bonds. The lowest BCUT2D eigenvalue weighted by molar-refractivity contribution is 1.14. The average Bonchev–Trinajstić information content (AvgIpc) is 2.17. The second-order valence-corrected chi connectivity index (χ2v) is 3.92. The highest BCUT2D eigenvalue weighted by atomic mass is 35.5. The molecule has 0 spiro atoms. The van der Waals surface area contributed by atoms with E-state index < -0.39 is 0 Å². The zero-order valence-electron chi connectivity index (χ0n) is 7.28. The summed E-state index contributed by atoms with van der Waals surface area (Å²) in [7, 11) is 0. The zero-order valence-corrected chi connectivity index (χ0v) is 9.55. The van der Waals surface area contributed by atoms with Gasteiger partial charge in [0.25, 0.3) is 0 Å². The van der Waals surface area contributed by atoms with Gasteiger partial charge in [-0.25, -0.2) is 15.0 Å². The summed E-state index contributed by atoms with van der Waals surface area (Å²) in [5, 5.41) is 1.20. The lowest BCUT2D eigenvalue weighted by Crippen LogP contribution is -1.92. The van der Waals surface area contributed by atoms with E-state index in [9.17, 15) is 0 Å². The Labute approximate surface area is 101 Å². The first-order valence-corrected chi connectivity index (χ1v) is 5.10. The minimum Gasteiger partial charge on any atom is -0.250 e. The second-order valence-electron chi connectivity index (χ2n) is 2.69. The van der Waals surface area contributed by atoms with Crippen molar-refractivity contribution in [3.8, 4) is 11.5 Å². The summed E-state index contributed by atoms with van der Waals surface area (Å²) in [5.74, 6) is 0.379. The van der Waals surface area contributed by atoms with Crippen LogP contribution in [0.1, 0.15) is 0 Å². The molecule has 3 nitrogen and oxygen atoms in total. The Morgan fingerprint density at radius 3 is 2.53 bits per heavy atom. The highest BCUT2D eigenvalue weighted by Crippen LogP contribution is 2.25. The SMILES string of the molecule is Clc1cnc(-c2nccc(Cl)n2)c(Cl)c1. The van der Waals surface area contributed by atoms with E-state index in [1.807, 2.05) is 0 Å². The summed E-state index contributed by atoms with van der Waals surface area (Å²) in [6.07, 6.45) is 3.02. The van der Waals surface area contributed by atoms with Crippen LogP contribution >= 0.6 is 34.8 Å². The predicted molar refractivity (Wildman–Crippen MR) is 60.3 cm³/mol. The molecule has 0 radical (unpaired) electrons. The van der Waals surface area contributed by atoms with Crippen molar-refractivity contribution < 1.29 is 0 Å². The van der Waals surface area contributed by atoms with Crippen LogP contribution in [0.25, 0.3) is 11.5 Å². The van der Waals surface area contributed by atoms with Crippen LogP contribution in [0, 0.1) is 0 Å². The van der Waals surface area contributed by atoms with Gasteiger partial charge in [-0.15, -0.1) is 0 Å². The first-order chi connectivity index (χ1) is 7.16. The van der Waals surface area contributed by atoms with Gasteiger partial charge in [0.05, 0.1) is 10.0 Å². The van der Waals surface area contributed by atoms with Crippen molar-refractivity contribution in [2.45, 2.75) is 0 Å². The lowest BCUT2D eigenvalue weighted by Gasteiger charge is -2.01. The lowest BCUT2D eigenvalue weighted by atomic mass is 10.3. The van der Waals surface area contributed by atoms with E-state index >= 15 is 0 Å². The highest BCUT2D eigenvalue weighted by molar-refractivity contribution is 6.36. The number of halogens is 3. The number of hydrogen-bond acceptors (Lipinski definition) is 3. The number of aromatic nitrogens is 3. The average molecular weight is 261 g/mol. The Morgan fingerprint density at radius 2 is 1.87 bits per heavy atom. The number of pyridine rings is 1. The standard InChI is InChI=1S/C9H4Cl3N3/c10-5-3-6(11)8(14-4-5)9-13-2-1-7(12)15-9/h1-4H. The largest absolute Gasteiger partial charge is 0.250 e. The molecule has 2 aromatic heterocycles. The van der Waals surface area contributed by atoms with E-state index in [0.29, 0.717) is 26.7 Å². The van der Waals surface area contributed by atoms with Gasteiger partial charge >= 0.3 is 0 Å². The molecule has 0 unspecified atom stereocenters. The maximum absolute atomic E-state index is 5.95. The molecule has 2 heterocycles. The molecular weight excluding hydrogens is 256 g/mol. The van der Waals surface area contributed by atoms with Crippen molar-refractivity contribution in [2.24, 2.45) is 0 Å². The molecule has 0 atom stereocenters. The number of hydrogen-bond donors (Lipinski definition) is 0. The Morgan fingerprint density at radius 1 is 1.07 bits per heavy atom. The van der Waals surface area contributed by atoms with Gasteiger partial charge in [0.2, 0.25) is 0 Å². The smallest absolute Gasteiger partial charge is 0.181 e. The normalized spacial score (nSPS) is 10.3. The fourth-order valence-electron chi connectivity index (χ4n) is 1.03. The summed E-state index contributed by atoms with van der Waals surface area (Å²) in [6.45, 7) is 0. The van der Waals surface area contributed by atoms with Crippen molar-refractivity contribution in [1.82, 2.24) is 15.0 Å². The first-order valence-electron chi connectivity index (χ1n) is 3.97. The molecule has 2 aromatic rings. The summed E-state index contributed by atoms with van der Waals surface area (Å²) < 4.78 is 0. The molecular formula is C9H4Cl3N3. The van der Waals surface area contributed by atoms with E-state index in [1.165, 1.54) is 12.4 Å². The predicted octanol–water partition coefficient (Wildman–Crippen LogP) is 3.50. The van der Waals surface area contributed by atoms with E-state index in [1.54, 1.807) is 12.1 Å². The van der Waals surface area contributed by atoms with E-state index in [4.69, 9.17) is 34.8 Å². The molecule has 0 N–H and O–H groups in total. The minimum atomic E-state index is 0.341. The molecule has 2 rings (SSSR count). The van der Waals surface area contributed by atoms with Crippen LogP contribution in [0.4, 0.5) is 0 Å². The summed E-state index contributed by atoms with van der Waals surface area (Å²) in [5.41, 5.74) is 0.462. The van der Waals surface area contributed by atoms with E-state index in [0.717, 1.165) is 0 Å². The molecule has 0 aliphatic heterocycles. The summed E-state index contributed by atoms with van der Waals surface area (Å²) in [4.78, 5) is 12.1. The van der Waals surface area contributed by atoms with Crippen LogP contribution < -0.4 is 0 Å². The first kappa shape index (κ1) is 10.6. The maximum Gasteiger partial charge on any atom is 0.181 e. The van der Waals surface area contributed by atoms with Crippen LogP contribution in [0.3, 0.4) is 0 Å². The Balaban J connectivity index is 2.54. The molecule has 76 valence electrons. The third-order valence-corrected chi connectivity index (χ3v) is 2.35. The zero-order chi connectivity index (χ0) is 10.8. The van der Waals surface area contributed by atoms with Gasteiger partial charge in [-0.1, -0.05) is 34.8 Å². The number of rotatable bonds is 1. The van der Waals surface area contributed by atoms with Gasteiger partial charge in [-0.2, -0.15) is 0 Å². The van der Waals surface area contributed by atoms with Crippen molar-refractivity contribution in [3.05, 3.63) is 39.7 Å². The molecule has 0 aromatic carbocycles. The molecule has 0 bridgehead atoms. The number of nitrogens with zero attached hydrogens (tertiary/aromatic N) is 3. The fraction of sp³-hybridized carbons (Fsp3) is 0. The molecule has 0 saturated carbocycles. The molecule has 0 aliphatic carbocycles. The highest BCUT2D eigenvalue weighted by Gasteiger charge is 2.08. The Hall–Kier alpha value is -0.900. The van der Waals surface area contributed by atoms with Crippen molar-refractivity contribution in [1.29, 1.82) is 0 Å². The summed E-state index contributed by atoms with van der Waals surface area (Å²) >= 11 is 17.4. The van der Waals surface area contributed by atoms with Crippen LogP contribution in [-0.2, 0) is 0 Å². The molecule has 15 heavy (non-hydrogen) atoms. The molecule has 0 saturated heterocycles.